The van der Waals surface area contributed by atoms with Gasteiger partial charge in [0, 0.05) is 0 Å². The summed E-state index contributed by atoms with van der Waals surface area (Å²) in [5.74, 6) is -0.912. The first-order valence-electron chi connectivity index (χ1n) is 5.26. The maximum atomic E-state index is 11.6. The molecule has 0 bridgehead atoms. The molecular weight excluding hydrogens is 208 g/mol. The summed E-state index contributed by atoms with van der Waals surface area (Å²) in [5.41, 5.74) is 3.72. The van der Waals surface area contributed by atoms with E-state index in [9.17, 15) is 9.59 Å². The van der Waals surface area contributed by atoms with Gasteiger partial charge in [0.1, 0.15) is 11.6 Å². The van der Waals surface area contributed by atoms with E-state index in [-0.39, 0.29) is 0 Å². The van der Waals surface area contributed by atoms with Crippen LogP contribution < -0.4 is 11.1 Å². The number of ether oxygens (including phenoxy) is 1. The fourth-order valence-corrected chi connectivity index (χ4v) is 1.06. The van der Waals surface area contributed by atoms with E-state index in [0.717, 1.165) is 0 Å². The van der Waals surface area contributed by atoms with Crippen LogP contribution in [0.3, 0.4) is 0 Å². The molecule has 16 heavy (non-hydrogen) atoms. The number of esters is 1. The van der Waals surface area contributed by atoms with E-state index in [1.165, 1.54) is 0 Å². The van der Waals surface area contributed by atoms with Crippen molar-refractivity contribution in [2.45, 2.75) is 58.7 Å². The maximum absolute atomic E-state index is 11.6. The molecule has 0 aromatic rings. The SMILES string of the molecule is CC(NC(C)(C)C(N)=O)C(=O)OC(C)(C)C. The zero-order chi connectivity index (χ0) is 13.1. The Balaban J connectivity index is 4.43. The van der Waals surface area contributed by atoms with Crippen LogP contribution >= 0.6 is 0 Å². The molecule has 3 N–H and O–H groups in total. The molecule has 0 aromatic heterocycles. The van der Waals surface area contributed by atoms with Crippen molar-refractivity contribution in [3.05, 3.63) is 0 Å². The van der Waals surface area contributed by atoms with E-state index >= 15 is 0 Å². The summed E-state index contributed by atoms with van der Waals surface area (Å²) in [4.78, 5) is 22.7. The average Bonchev–Trinajstić information content (AvgIpc) is 1.99. The first kappa shape index (κ1) is 14.9. The molecule has 1 unspecified atom stereocenters. The predicted octanol–water partition coefficient (Wildman–Crippen LogP) is 0.570. The van der Waals surface area contributed by atoms with Crippen molar-refractivity contribution in [3.63, 3.8) is 0 Å². The Hall–Kier alpha value is -1.10. The molecule has 94 valence electrons. The van der Waals surface area contributed by atoms with E-state index in [1.807, 2.05) is 0 Å². The number of rotatable bonds is 4. The van der Waals surface area contributed by atoms with Crippen LogP contribution in [0.2, 0.25) is 0 Å². The fourth-order valence-electron chi connectivity index (χ4n) is 1.06. The number of carbonyl (C=O) groups excluding carboxylic acids is 2. The molecule has 0 rings (SSSR count). The zero-order valence-corrected chi connectivity index (χ0v) is 10.9. The molecule has 0 aliphatic rings. The van der Waals surface area contributed by atoms with Crippen LogP contribution in [-0.2, 0) is 14.3 Å². The van der Waals surface area contributed by atoms with E-state index < -0.39 is 29.1 Å². The van der Waals surface area contributed by atoms with Gasteiger partial charge >= 0.3 is 5.97 Å². The van der Waals surface area contributed by atoms with Gasteiger partial charge in [0.2, 0.25) is 5.91 Å². The standard InChI is InChI=1S/C11H22N2O3/c1-7(8(14)16-10(2,3)4)13-11(5,6)9(12)15/h7,13H,1-6H3,(H2,12,15). The Morgan fingerprint density at radius 1 is 1.19 bits per heavy atom. The van der Waals surface area contributed by atoms with Crippen LogP contribution in [0.5, 0.6) is 0 Å². The van der Waals surface area contributed by atoms with E-state index in [1.54, 1.807) is 41.5 Å². The summed E-state index contributed by atoms with van der Waals surface area (Å²) in [6.07, 6.45) is 0. The number of amides is 1. The minimum Gasteiger partial charge on any atom is -0.459 e. The highest BCUT2D eigenvalue weighted by Gasteiger charge is 2.30. The lowest BCUT2D eigenvalue weighted by Crippen LogP contribution is -2.56. The van der Waals surface area contributed by atoms with Gasteiger partial charge in [0.15, 0.2) is 0 Å². The summed E-state index contributed by atoms with van der Waals surface area (Å²) in [5, 5.41) is 2.83. The van der Waals surface area contributed by atoms with Crippen molar-refractivity contribution in [3.8, 4) is 0 Å². The fraction of sp³-hybridized carbons (Fsp3) is 0.818. The molecule has 0 radical (unpaired) electrons. The third-order valence-corrected chi connectivity index (χ3v) is 1.95. The van der Waals surface area contributed by atoms with Gasteiger partial charge in [-0.25, -0.2) is 0 Å². The van der Waals surface area contributed by atoms with Gasteiger partial charge in [-0.05, 0) is 41.5 Å². The van der Waals surface area contributed by atoms with Crippen LogP contribution in [0, 0.1) is 0 Å². The van der Waals surface area contributed by atoms with Crippen molar-refractivity contribution in [1.82, 2.24) is 5.32 Å². The smallest absolute Gasteiger partial charge is 0.323 e. The number of nitrogens with two attached hydrogens (primary N) is 1. The molecule has 1 amide bonds. The molecular formula is C11H22N2O3. The van der Waals surface area contributed by atoms with Gasteiger partial charge in [-0.15, -0.1) is 0 Å². The Morgan fingerprint density at radius 2 is 1.62 bits per heavy atom. The summed E-state index contributed by atoms with van der Waals surface area (Å²) in [6, 6.07) is -0.582. The highest BCUT2D eigenvalue weighted by molar-refractivity contribution is 5.85. The van der Waals surface area contributed by atoms with E-state index in [2.05, 4.69) is 5.32 Å². The molecule has 0 saturated heterocycles. The van der Waals surface area contributed by atoms with Crippen LogP contribution in [0.15, 0.2) is 0 Å². The van der Waals surface area contributed by atoms with Crippen LogP contribution in [0.4, 0.5) is 0 Å². The van der Waals surface area contributed by atoms with Crippen molar-refractivity contribution in [2.24, 2.45) is 5.73 Å². The summed E-state index contributed by atoms with van der Waals surface area (Å²) < 4.78 is 5.17. The molecule has 0 aromatic carbocycles. The quantitative estimate of drug-likeness (QED) is 0.692. The third kappa shape index (κ3) is 5.11. The van der Waals surface area contributed by atoms with Gasteiger partial charge in [-0.2, -0.15) is 0 Å². The Kier molecular flexibility index (Phi) is 4.49. The molecule has 5 nitrogen and oxygen atoms in total. The molecule has 1 atom stereocenters. The lowest BCUT2D eigenvalue weighted by atomic mass is 10.0. The van der Waals surface area contributed by atoms with Crippen LogP contribution in [0.1, 0.15) is 41.5 Å². The Bertz CT molecular complexity index is 279. The zero-order valence-electron chi connectivity index (χ0n) is 10.9. The van der Waals surface area contributed by atoms with Gasteiger partial charge < -0.3 is 10.5 Å². The topological polar surface area (TPSA) is 81.4 Å². The lowest BCUT2D eigenvalue weighted by Gasteiger charge is -2.28. The lowest BCUT2D eigenvalue weighted by molar-refractivity contribution is -0.157. The summed E-state index contributed by atoms with van der Waals surface area (Å²) in [7, 11) is 0. The monoisotopic (exact) mass is 230 g/mol. The third-order valence-electron chi connectivity index (χ3n) is 1.95. The summed E-state index contributed by atoms with van der Waals surface area (Å²) >= 11 is 0. The Morgan fingerprint density at radius 3 is 1.94 bits per heavy atom. The number of primary amides is 1. The minimum absolute atomic E-state index is 0.401. The minimum atomic E-state index is -0.934. The molecule has 0 saturated carbocycles. The maximum Gasteiger partial charge on any atom is 0.323 e. The van der Waals surface area contributed by atoms with Gasteiger partial charge in [-0.1, -0.05) is 0 Å². The first-order valence-corrected chi connectivity index (χ1v) is 5.26. The largest absolute Gasteiger partial charge is 0.459 e. The average molecular weight is 230 g/mol. The first-order chi connectivity index (χ1) is 6.96. The molecule has 0 fully saturated rings. The number of hydrogen-bond donors (Lipinski definition) is 2. The second-order valence-corrected chi connectivity index (χ2v) is 5.39. The second kappa shape index (κ2) is 4.82. The van der Waals surface area contributed by atoms with Crippen LogP contribution in [0.25, 0.3) is 0 Å². The number of hydrogen-bond acceptors (Lipinski definition) is 4. The van der Waals surface area contributed by atoms with Crippen molar-refractivity contribution in [1.29, 1.82) is 0 Å². The molecule has 5 heteroatoms. The molecule has 0 aliphatic carbocycles. The van der Waals surface area contributed by atoms with Crippen molar-refractivity contribution >= 4 is 11.9 Å². The van der Waals surface area contributed by atoms with Crippen LogP contribution in [-0.4, -0.2) is 29.1 Å². The number of carbonyl (C=O) groups is 2. The molecule has 0 aliphatic heterocycles. The highest BCUT2D eigenvalue weighted by atomic mass is 16.6. The number of nitrogens with one attached hydrogen (secondary N) is 1. The molecule has 0 heterocycles. The highest BCUT2D eigenvalue weighted by Crippen LogP contribution is 2.10. The summed E-state index contributed by atoms with van der Waals surface area (Å²) in [6.45, 7) is 10.2. The van der Waals surface area contributed by atoms with Crippen molar-refractivity contribution in [2.75, 3.05) is 0 Å². The van der Waals surface area contributed by atoms with Gasteiger partial charge in [-0.3, -0.25) is 14.9 Å². The van der Waals surface area contributed by atoms with Gasteiger partial charge in [0.05, 0.1) is 5.54 Å². The normalized spacial score (nSPS) is 14.4. The van der Waals surface area contributed by atoms with Gasteiger partial charge in [0.25, 0.3) is 0 Å². The van der Waals surface area contributed by atoms with E-state index in [0.29, 0.717) is 0 Å². The Labute approximate surface area is 96.7 Å². The predicted molar refractivity (Wildman–Crippen MR) is 61.7 cm³/mol. The molecule has 0 spiro atoms. The second-order valence-electron chi connectivity index (χ2n) is 5.39. The van der Waals surface area contributed by atoms with E-state index in [4.69, 9.17) is 10.5 Å². The van der Waals surface area contributed by atoms with Crippen molar-refractivity contribution < 1.29 is 14.3 Å².